The maximum Gasteiger partial charge on any atom is 0.410 e. The van der Waals surface area contributed by atoms with Gasteiger partial charge < -0.3 is 24.7 Å². The Morgan fingerprint density at radius 1 is 1.06 bits per heavy atom. The third-order valence-corrected chi connectivity index (χ3v) is 6.43. The summed E-state index contributed by atoms with van der Waals surface area (Å²) in [5.41, 5.74) is 8.03. The lowest BCUT2D eigenvalue weighted by Gasteiger charge is -2.24. The van der Waals surface area contributed by atoms with Crippen LogP contribution in [0.2, 0.25) is 5.15 Å². The minimum atomic E-state index is -0.557. The van der Waals surface area contributed by atoms with Crippen LogP contribution in [0.15, 0.2) is 60.9 Å². The number of carbonyl (C=O) groups is 1. The number of aromatic nitrogens is 3. The van der Waals surface area contributed by atoms with E-state index in [0.717, 1.165) is 23.3 Å². The number of amides is 1. The number of nitrogen functional groups attached to an aromatic ring is 1. The summed E-state index contributed by atoms with van der Waals surface area (Å²) in [5, 5.41) is 1.19. The van der Waals surface area contributed by atoms with Gasteiger partial charge in [-0.2, -0.15) is 0 Å². The van der Waals surface area contributed by atoms with Gasteiger partial charge in [0.1, 0.15) is 40.0 Å². The Balaban J connectivity index is 1.48. The average molecular weight is 506 g/mol. The highest BCUT2D eigenvalue weighted by Gasteiger charge is 2.34. The minimum absolute atomic E-state index is 0.0729. The molecule has 1 atom stereocenters. The number of rotatable bonds is 4. The Kier molecular flexibility index (Phi) is 6.22. The maximum absolute atomic E-state index is 12.6. The Morgan fingerprint density at radius 2 is 1.75 bits per heavy atom. The normalized spacial score (nSPS) is 15.9. The molecule has 1 aliphatic heterocycles. The van der Waals surface area contributed by atoms with Crippen LogP contribution >= 0.6 is 11.6 Å². The summed E-state index contributed by atoms with van der Waals surface area (Å²) in [4.78, 5) is 23.1. The smallest absolute Gasteiger partial charge is 0.410 e. The predicted molar refractivity (Wildman–Crippen MR) is 140 cm³/mol. The lowest BCUT2D eigenvalue weighted by molar-refractivity contribution is 0.0289. The van der Waals surface area contributed by atoms with E-state index < -0.39 is 5.60 Å². The molecular formula is C27H28ClN5O3. The molecule has 2 aromatic heterocycles. The number of benzene rings is 2. The third-order valence-electron chi connectivity index (χ3n) is 6.05. The molecule has 186 valence electrons. The van der Waals surface area contributed by atoms with Gasteiger partial charge in [0.2, 0.25) is 0 Å². The molecule has 0 aliphatic carbocycles. The highest BCUT2D eigenvalue weighted by atomic mass is 35.5. The number of hydrogen-bond donors (Lipinski definition) is 1. The van der Waals surface area contributed by atoms with E-state index in [-0.39, 0.29) is 12.1 Å². The fourth-order valence-corrected chi connectivity index (χ4v) is 4.91. The van der Waals surface area contributed by atoms with Gasteiger partial charge in [0.05, 0.1) is 11.4 Å². The summed E-state index contributed by atoms with van der Waals surface area (Å²) in [6.07, 6.45) is 1.82. The molecular weight excluding hydrogens is 478 g/mol. The van der Waals surface area contributed by atoms with E-state index in [9.17, 15) is 4.79 Å². The molecule has 0 spiro atoms. The molecule has 2 N–H and O–H groups in total. The standard InChI is InChI=1S/C27H28ClN5O3/c1-27(2,3)36-26(34)32-14-13-18(15-32)33-23(28)21(22-24(29)30-16-31-25(22)33)17-9-11-20(12-10-17)35-19-7-5-4-6-8-19/h4-12,16,18H,13-15H2,1-3H3,(H2,29,30,31). The first-order valence-corrected chi connectivity index (χ1v) is 12.2. The van der Waals surface area contributed by atoms with Crippen molar-refractivity contribution in [1.29, 1.82) is 0 Å². The van der Waals surface area contributed by atoms with Crippen LogP contribution in [0.1, 0.15) is 33.2 Å². The second-order valence-electron chi connectivity index (χ2n) is 9.80. The summed E-state index contributed by atoms with van der Waals surface area (Å²) in [7, 11) is 0. The van der Waals surface area contributed by atoms with E-state index >= 15 is 0 Å². The third kappa shape index (κ3) is 4.68. The van der Waals surface area contributed by atoms with Crippen LogP contribution < -0.4 is 10.5 Å². The van der Waals surface area contributed by atoms with E-state index in [1.54, 1.807) is 4.90 Å². The van der Waals surface area contributed by atoms with Gasteiger partial charge in [0.25, 0.3) is 0 Å². The number of hydrogen-bond acceptors (Lipinski definition) is 6. The fourth-order valence-electron chi connectivity index (χ4n) is 4.48. The lowest BCUT2D eigenvalue weighted by Crippen LogP contribution is -2.35. The molecule has 1 amide bonds. The average Bonchev–Trinajstić information content (AvgIpc) is 3.42. The van der Waals surface area contributed by atoms with Gasteiger partial charge in [0.15, 0.2) is 0 Å². The molecule has 1 unspecified atom stereocenters. The number of nitrogens with two attached hydrogens (primary N) is 1. The maximum atomic E-state index is 12.6. The number of ether oxygens (including phenoxy) is 2. The quantitative estimate of drug-likeness (QED) is 0.349. The Morgan fingerprint density at radius 3 is 2.44 bits per heavy atom. The molecule has 1 aliphatic rings. The first kappa shape index (κ1) is 23.9. The van der Waals surface area contributed by atoms with Crippen molar-refractivity contribution in [3.63, 3.8) is 0 Å². The first-order valence-electron chi connectivity index (χ1n) is 11.8. The zero-order valence-corrected chi connectivity index (χ0v) is 21.2. The molecule has 0 bridgehead atoms. The molecule has 0 saturated carbocycles. The minimum Gasteiger partial charge on any atom is -0.457 e. The fraction of sp³-hybridized carbons (Fsp3) is 0.296. The van der Waals surface area contributed by atoms with Crippen molar-refractivity contribution in [3.8, 4) is 22.6 Å². The Bertz CT molecular complexity index is 1400. The Hall–Kier alpha value is -3.78. The summed E-state index contributed by atoms with van der Waals surface area (Å²) in [6, 6.07) is 17.2. The van der Waals surface area contributed by atoms with Crippen LogP contribution in [-0.4, -0.2) is 44.2 Å². The SMILES string of the molecule is CC(C)(C)OC(=O)N1CCC(n2c(Cl)c(-c3ccc(Oc4ccccc4)cc3)c3c(N)ncnc32)C1. The first-order chi connectivity index (χ1) is 17.2. The number of fused-ring (bicyclic) bond motifs is 1. The van der Waals surface area contributed by atoms with Crippen LogP contribution in [-0.2, 0) is 4.74 Å². The predicted octanol–water partition coefficient (Wildman–Crippen LogP) is 6.31. The number of anilines is 1. The summed E-state index contributed by atoms with van der Waals surface area (Å²) >= 11 is 7.02. The van der Waals surface area contributed by atoms with Crippen molar-refractivity contribution in [1.82, 2.24) is 19.4 Å². The van der Waals surface area contributed by atoms with E-state index in [1.807, 2.05) is 79.9 Å². The molecule has 5 rings (SSSR count). The molecule has 1 saturated heterocycles. The van der Waals surface area contributed by atoms with Crippen LogP contribution in [0.4, 0.5) is 10.6 Å². The molecule has 9 heteroatoms. The van der Waals surface area contributed by atoms with E-state index in [4.69, 9.17) is 26.8 Å². The van der Waals surface area contributed by atoms with Gasteiger partial charge in [-0.15, -0.1) is 0 Å². The van der Waals surface area contributed by atoms with Crippen molar-refractivity contribution >= 4 is 34.5 Å². The van der Waals surface area contributed by atoms with Gasteiger partial charge in [-0.3, -0.25) is 0 Å². The number of halogens is 1. The van der Waals surface area contributed by atoms with Gasteiger partial charge in [-0.25, -0.2) is 14.8 Å². The highest BCUT2D eigenvalue weighted by Crippen LogP contribution is 2.43. The van der Waals surface area contributed by atoms with Gasteiger partial charge >= 0.3 is 6.09 Å². The van der Waals surface area contributed by atoms with Crippen molar-refractivity contribution in [2.75, 3.05) is 18.8 Å². The number of para-hydroxylation sites is 1. The highest BCUT2D eigenvalue weighted by molar-refractivity contribution is 6.35. The zero-order chi connectivity index (χ0) is 25.4. The van der Waals surface area contributed by atoms with E-state index in [1.165, 1.54) is 6.33 Å². The van der Waals surface area contributed by atoms with Crippen molar-refractivity contribution in [3.05, 3.63) is 66.1 Å². The number of likely N-dealkylation sites (tertiary alicyclic amines) is 1. The molecule has 8 nitrogen and oxygen atoms in total. The summed E-state index contributed by atoms with van der Waals surface area (Å²) in [6.45, 7) is 6.60. The van der Waals surface area contributed by atoms with Gasteiger partial charge in [0, 0.05) is 18.7 Å². The zero-order valence-electron chi connectivity index (χ0n) is 20.4. The largest absolute Gasteiger partial charge is 0.457 e. The molecule has 4 aromatic rings. The summed E-state index contributed by atoms with van der Waals surface area (Å²) < 4.78 is 13.4. The molecule has 1 fully saturated rings. The summed E-state index contributed by atoms with van der Waals surface area (Å²) in [5.74, 6) is 1.81. The van der Waals surface area contributed by atoms with E-state index in [2.05, 4.69) is 9.97 Å². The molecule has 3 heterocycles. The van der Waals surface area contributed by atoms with Crippen molar-refractivity contribution in [2.24, 2.45) is 0 Å². The van der Waals surface area contributed by atoms with Crippen LogP contribution in [0, 0.1) is 0 Å². The van der Waals surface area contributed by atoms with Crippen LogP contribution in [0.3, 0.4) is 0 Å². The van der Waals surface area contributed by atoms with E-state index in [0.29, 0.717) is 40.8 Å². The number of carbonyl (C=O) groups excluding carboxylic acids is 1. The second-order valence-corrected chi connectivity index (χ2v) is 10.2. The van der Waals surface area contributed by atoms with Crippen LogP contribution in [0.25, 0.3) is 22.2 Å². The van der Waals surface area contributed by atoms with Crippen molar-refractivity contribution in [2.45, 2.75) is 38.8 Å². The van der Waals surface area contributed by atoms with Gasteiger partial charge in [-0.1, -0.05) is 41.9 Å². The molecule has 0 radical (unpaired) electrons. The van der Waals surface area contributed by atoms with Gasteiger partial charge in [-0.05, 0) is 57.0 Å². The number of nitrogens with zero attached hydrogens (tertiary/aromatic N) is 4. The second kappa shape index (κ2) is 9.35. The topological polar surface area (TPSA) is 95.5 Å². The lowest BCUT2D eigenvalue weighted by atomic mass is 10.1. The molecule has 2 aromatic carbocycles. The van der Waals surface area contributed by atoms with Crippen LogP contribution in [0.5, 0.6) is 11.5 Å². The molecule has 36 heavy (non-hydrogen) atoms. The Labute approximate surface area is 214 Å². The van der Waals surface area contributed by atoms with Crippen molar-refractivity contribution < 1.29 is 14.3 Å². The monoisotopic (exact) mass is 505 g/mol.